The lowest BCUT2D eigenvalue weighted by molar-refractivity contribution is 0.221. The Morgan fingerprint density at radius 2 is 1.71 bits per heavy atom. The second-order valence-corrected chi connectivity index (χ2v) is 14.5. The van der Waals surface area contributed by atoms with Crippen LogP contribution in [0.25, 0.3) is 22.4 Å². The number of hydrogen-bond acceptors (Lipinski definition) is 8. The van der Waals surface area contributed by atoms with Gasteiger partial charge in [0, 0.05) is 23.7 Å². The second-order valence-electron chi connectivity index (χ2n) is 12.7. The van der Waals surface area contributed by atoms with E-state index in [1.807, 2.05) is 13.8 Å². The van der Waals surface area contributed by atoms with Gasteiger partial charge >= 0.3 is 0 Å². The van der Waals surface area contributed by atoms with Crippen LogP contribution in [0.15, 0.2) is 29.2 Å². The Kier molecular flexibility index (Phi) is 7.71. The van der Waals surface area contributed by atoms with E-state index in [0.29, 0.717) is 23.2 Å². The molecular weight excluding hydrogens is 557 g/mol. The summed E-state index contributed by atoms with van der Waals surface area (Å²) in [5.41, 5.74) is 0.630. The van der Waals surface area contributed by atoms with Crippen LogP contribution in [0.5, 0.6) is 0 Å². The number of aromatic nitrogens is 4. The van der Waals surface area contributed by atoms with Crippen molar-refractivity contribution in [2.24, 2.45) is 11.8 Å². The summed E-state index contributed by atoms with van der Waals surface area (Å²) in [7, 11) is 0.529. The van der Waals surface area contributed by atoms with Crippen molar-refractivity contribution in [2.45, 2.75) is 88.6 Å². The number of hydrogen-bond donors (Lipinski definition) is 2. The van der Waals surface area contributed by atoms with Gasteiger partial charge in [0.1, 0.15) is 17.0 Å². The molecule has 2 heterocycles. The maximum Gasteiger partial charge on any atom is 0.278 e. The van der Waals surface area contributed by atoms with Gasteiger partial charge in [-0.3, -0.25) is 14.1 Å². The van der Waals surface area contributed by atoms with Crippen LogP contribution >= 0.6 is 0 Å². The van der Waals surface area contributed by atoms with Gasteiger partial charge in [0.2, 0.25) is 16.0 Å². The predicted molar refractivity (Wildman–Crippen MR) is 163 cm³/mol. The Morgan fingerprint density at radius 1 is 1.02 bits per heavy atom. The van der Waals surface area contributed by atoms with Gasteiger partial charge in [-0.1, -0.05) is 18.9 Å². The van der Waals surface area contributed by atoms with Crippen LogP contribution in [0.3, 0.4) is 0 Å². The number of rotatable bonds is 8. The molecule has 0 spiro atoms. The highest BCUT2D eigenvalue weighted by molar-refractivity contribution is 7.93. The molecule has 0 aliphatic heterocycles. The van der Waals surface area contributed by atoms with E-state index in [0.717, 1.165) is 51.4 Å². The summed E-state index contributed by atoms with van der Waals surface area (Å²) >= 11 is 0. The fourth-order valence-corrected chi connectivity index (χ4v) is 9.12. The van der Waals surface area contributed by atoms with Crippen molar-refractivity contribution in [3.05, 3.63) is 40.6 Å². The van der Waals surface area contributed by atoms with Crippen LogP contribution in [-0.2, 0) is 10.0 Å². The Hall–Kier alpha value is -3.12. The Balaban J connectivity index is 1.26. The predicted octanol–water partition coefficient (Wildman–Crippen LogP) is 4.79. The maximum atomic E-state index is 15.3. The van der Waals surface area contributed by atoms with Crippen LogP contribution in [-0.4, -0.2) is 64.3 Å². The lowest BCUT2D eigenvalue weighted by Gasteiger charge is -2.32. The molecule has 226 valence electrons. The summed E-state index contributed by atoms with van der Waals surface area (Å²) in [6.45, 7) is 3.77. The normalized spacial score (nSPS) is 25.9. The number of fused-ring (bicyclic) bond motifs is 2. The van der Waals surface area contributed by atoms with Gasteiger partial charge in [0.25, 0.3) is 5.56 Å². The number of halogens is 1. The summed E-state index contributed by atoms with van der Waals surface area (Å²) in [5.74, 6) is 0.0473. The first-order valence-corrected chi connectivity index (χ1v) is 16.6. The van der Waals surface area contributed by atoms with Crippen molar-refractivity contribution >= 4 is 32.8 Å². The Bertz CT molecular complexity index is 1640. The van der Waals surface area contributed by atoms with Crippen molar-refractivity contribution in [1.82, 2.24) is 24.4 Å². The van der Waals surface area contributed by atoms with E-state index in [9.17, 15) is 13.2 Å². The van der Waals surface area contributed by atoms with Crippen molar-refractivity contribution in [3.8, 4) is 11.3 Å². The van der Waals surface area contributed by atoms with Gasteiger partial charge < -0.3 is 10.2 Å². The highest BCUT2D eigenvalue weighted by atomic mass is 32.2. The maximum absolute atomic E-state index is 15.3. The average Bonchev–Trinajstić information content (AvgIpc) is 3.70. The second kappa shape index (κ2) is 11.2. The van der Waals surface area contributed by atoms with E-state index < -0.39 is 26.6 Å². The summed E-state index contributed by atoms with van der Waals surface area (Å²) in [4.78, 5) is 29.6. The summed E-state index contributed by atoms with van der Waals surface area (Å²) < 4.78 is 45.3. The van der Waals surface area contributed by atoms with Gasteiger partial charge in [-0.15, -0.1) is 0 Å². The molecule has 3 saturated carbocycles. The third-order valence-corrected chi connectivity index (χ3v) is 11.3. The zero-order valence-electron chi connectivity index (χ0n) is 24.7. The minimum atomic E-state index is -3.70. The van der Waals surface area contributed by atoms with Crippen molar-refractivity contribution in [2.75, 3.05) is 24.1 Å². The van der Waals surface area contributed by atoms with Crippen molar-refractivity contribution < 1.29 is 12.8 Å². The van der Waals surface area contributed by atoms with Gasteiger partial charge in [-0.05, 0) is 90.4 Å². The third kappa shape index (κ3) is 5.50. The molecule has 42 heavy (non-hydrogen) atoms. The number of anilines is 2. The van der Waals surface area contributed by atoms with Gasteiger partial charge in [0.15, 0.2) is 5.65 Å². The first kappa shape index (κ1) is 29.0. The largest absolute Gasteiger partial charge is 0.351 e. The molecule has 2 aromatic heterocycles. The fourth-order valence-electron chi connectivity index (χ4n) is 7.01. The van der Waals surface area contributed by atoms with Crippen LogP contribution in [0.4, 0.5) is 16.0 Å². The van der Waals surface area contributed by atoms with Gasteiger partial charge in [0.05, 0.1) is 17.1 Å². The van der Waals surface area contributed by atoms with E-state index in [1.165, 1.54) is 18.2 Å². The van der Waals surface area contributed by atoms with Crippen LogP contribution in [0.1, 0.15) is 71.3 Å². The molecule has 0 saturated heterocycles. The standard InChI is InChI=1S/C30H40FN7O3S/c1-17(2)38-28-25(16-32-30(35-28)33-19-10-12-20(13-11-19)37(3)4)34-26(29(38)39)18-9-14-24(23(31)15-18)36-42(40,41)27-21-7-5-6-8-22(21)27/h9,14-17,19-22,27,36H,5-8,10-13H2,1-4H3,(H,32,33,35)/t19-,20-,21?,22?,27?. The Morgan fingerprint density at radius 3 is 2.33 bits per heavy atom. The summed E-state index contributed by atoms with van der Waals surface area (Å²) in [6, 6.07) is 4.66. The molecule has 12 heteroatoms. The number of nitrogens with one attached hydrogen (secondary N) is 2. The topological polar surface area (TPSA) is 122 Å². The van der Waals surface area contributed by atoms with E-state index in [1.54, 1.807) is 10.8 Å². The molecular formula is C30H40FN7O3S. The van der Waals surface area contributed by atoms with Crippen LogP contribution in [0.2, 0.25) is 0 Å². The quantitative estimate of drug-likeness (QED) is 0.380. The lowest BCUT2D eigenvalue weighted by Crippen LogP contribution is -2.36. The van der Waals surface area contributed by atoms with Crippen LogP contribution < -0.4 is 15.6 Å². The first-order valence-electron chi connectivity index (χ1n) is 15.1. The highest BCUT2D eigenvalue weighted by Crippen LogP contribution is 2.54. The number of benzene rings is 1. The monoisotopic (exact) mass is 597 g/mol. The molecule has 0 radical (unpaired) electrons. The number of sulfonamides is 1. The molecule has 3 aromatic rings. The van der Waals surface area contributed by atoms with Gasteiger partial charge in [-0.25, -0.2) is 22.8 Å². The summed E-state index contributed by atoms with van der Waals surface area (Å²) in [6.07, 6.45) is 9.71. The molecule has 2 N–H and O–H groups in total. The van der Waals surface area contributed by atoms with Crippen molar-refractivity contribution in [3.63, 3.8) is 0 Å². The molecule has 0 bridgehead atoms. The third-order valence-electron chi connectivity index (χ3n) is 9.34. The SMILES string of the molecule is CC(C)n1c(=O)c(-c2ccc(NS(=O)(=O)C3C4CCCCC43)c(F)c2)nc2cnc(N[C@H]3CC[C@H](N(C)C)CC3)nc21. The smallest absolute Gasteiger partial charge is 0.278 e. The summed E-state index contributed by atoms with van der Waals surface area (Å²) in [5, 5.41) is 2.98. The minimum Gasteiger partial charge on any atom is -0.351 e. The van der Waals surface area contributed by atoms with E-state index in [4.69, 9.17) is 0 Å². The first-order chi connectivity index (χ1) is 20.0. The lowest BCUT2D eigenvalue weighted by atomic mass is 9.91. The molecule has 3 aliphatic rings. The van der Waals surface area contributed by atoms with Gasteiger partial charge in [-0.2, -0.15) is 4.98 Å². The molecule has 3 fully saturated rings. The molecule has 2 atom stereocenters. The van der Waals surface area contributed by atoms with Crippen molar-refractivity contribution in [1.29, 1.82) is 0 Å². The molecule has 2 unspecified atom stereocenters. The van der Waals surface area contributed by atoms with Crippen LogP contribution in [0, 0.1) is 17.7 Å². The molecule has 3 aliphatic carbocycles. The zero-order valence-corrected chi connectivity index (χ0v) is 25.5. The fraction of sp³-hybridized carbons (Fsp3) is 0.600. The minimum absolute atomic E-state index is 0.0593. The molecule has 1 aromatic carbocycles. The number of nitrogens with zero attached hydrogens (tertiary/aromatic N) is 5. The average molecular weight is 598 g/mol. The Labute approximate surface area is 246 Å². The molecule has 6 rings (SSSR count). The zero-order chi connectivity index (χ0) is 29.8. The molecule has 10 nitrogen and oxygen atoms in total. The van der Waals surface area contributed by atoms with E-state index >= 15 is 4.39 Å². The molecule has 0 amide bonds. The van der Waals surface area contributed by atoms with E-state index in [-0.39, 0.29) is 40.9 Å². The van der Waals surface area contributed by atoms with E-state index in [2.05, 4.69) is 44.0 Å². The highest BCUT2D eigenvalue weighted by Gasteiger charge is 2.58.